The van der Waals surface area contributed by atoms with E-state index in [0.717, 1.165) is 42.9 Å². The van der Waals surface area contributed by atoms with Gasteiger partial charge in [0.25, 0.3) is 5.91 Å². The maximum absolute atomic E-state index is 13.4. The van der Waals surface area contributed by atoms with Gasteiger partial charge in [0.15, 0.2) is 6.61 Å². The van der Waals surface area contributed by atoms with Gasteiger partial charge in [-0.3, -0.25) is 4.79 Å². The van der Waals surface area contributed by atoms with E-state index in [-0.39, 0.29) is 23.9 Å². The van der Waals surface area contributed by atoms with Gasteiger partial charge in [-0.25, -0.2) is 4.39 Å². The molecule has 2 atom stereocenters. The minimum atomic E-state index is -0.212. The van der Waals surface area contributed by atoms with Crippen LogP contribution < -0.4 is 9.64 Å². The second-order valence-corrected chi connectivity index (χ2v) is 8.87. The van der Waals surface area contributed by atoms with E-state index in [1.54, 1.807) is 0 Å². The molecule has 2 heterocycles. The van der Waals surface area contributed by atoms with Crippen LogP contribution >= 0.6 is 0 Å². The summed E-state index contributed by atoms with van der Waals surface area (Å²) in [7, 11) is 0. The molecule has 2 saturated heterocycles. The molecule has 5 heteroatoms. The largest absolute Gasteiger partial charge is 0.484 e. The van der Waals surface area contributed by atoms with E-state index < -0.39 is 0 Å². The van der Waals surface area contributed by atoms with Crippen LogP contribution in [0.4, 0.5) is 10.1 Å². The highest BCUT2D eigenvalue weighted by Crippen LogP contribution is 2.44. The van der Waals surface area contributed by atoms with Crippen LogP contribution in [0.1, 0.15) is 32.3 Å². The van der Waals surface area contributed by atoms with Crippen molar-refractivity contribution in [2.75, 3.05) is 24.6 Å². The summed E-state index contributed by atoms with van der Waals surface area (Å²) in [5, 5.41) is 0. The SMILES string of the molecule is Cc1ccccc1OCC(=O)N1CC[C@H]2[C@@H](C1)CC(C)(C)N2c1ccc(F)cc1. The quantitative estimate of drug-likeness (QED) is 0.767. The summed E-state index contributed by atoms with van der Waals surface area (Å²) in [6.07, 6.45) is 1.93. The molecule has 2 aromatic carbocycles. The van der Waals surface area contributed by atoms with Gasteiger partial charge < -0.3 is 14.5 Å². The summed E-state index contributed by atoms with van der Waals surface area (Å²) in [5.41, 5.74) is 2.07. The second-order valence-electron chi connectivity index (χ2n) is 8.87. The number of fused-ring (bicyclic) bond motifs is 1. The predicted molar refractivity (Wildman–Crippen MR) is 113 cm³/mol. The van der Waals surface area contributed by atoms with E-state index in [9.17, 15) is 9.18 Å². The molecule has 0 N–H and O–H groups in total. The number of ether oxygens (including phenoxy) is 1. The van der Waals surface area contributed by atoms with Crippen molar-refractivity contribution >= 4 is 11.6 Å². The Morgan fingerprint density at radius 1 is 1.17 bits per heavy atom. The third-order valence-corrected chi connectivity index (χ3v) is 6.34. The number of benzene rings is 2. The first-order chi connectivity index (χ1) is 13.8. The van der Waals surface area contributed by atoms with Crippen LogP contribution in [-0.4, -0.2) is 42.1 Å². The smallest absolute Gasteiger partial charge is 0.260 e. The number of likely N-dealkylation sites (tertiary alicyclic amines) is 1. The van der Waals surface area contributed by atoms with E-state index in [1.807, 2.05) is 48.2 Å². The Balaban J connectivity index is 1.42. The number of piperidine rings is 1. The second kappa shape index (κ2) is 7.69. The first kappa shape index (κ1) is 19.7. The molecule has 4 rings (SSSR count). The van der Waals surface area contributed by atoms with Crippen LogP contribution in [0.3, 0.4) is 0 Å². The van der Waals surface area contributed by atoms with Crippen molar-refractivity contribution in [2.24, 2.45) is 5.92 Å². The molecule has 2 fully saturated rings. The first-order valence-electron chi connectivity index (χ1n) is 10.4. The molecule has 154 valence electrons. The van der Waals surface area contributed by atoms with E-state index in [0.29, 0.717) is 12.0 Å². The average molecular weight is 397 g/mol. The first-order valence-corrected chi connectivity index (χ1v) is 10.4. The Morgan fingerprint density at radius 3 is 2.62 bits per heavy atom. The molecule has 29 heavy (non-hydrogen) atoms. The van der Waals surface area contributed by atoms with Crippen molar-refractivity contribution in [3.05, 3.63) is 59.9 Å². The number of para-hydroxylation sites is 1. The molecule has 2 aliphatic heterocycles. The van der Waals surface area contributed by atoms with Gasteiger partial charge >= 0.3 is 0 Å². The van der Waals surface area contributed by atoms with Crippen LogP contribution in [-0.2, 0) is 4.79 Å². The van der Waals surface area contributed by atoms with Crippen molar-refractivity contribution in [2.45, 2.75) is 45.2 Å². The summed E-state index contributed by atoms with van der Waals surface area (Å²) in [4.78, 5) is 17.1. The third kappa shape index (κ3) is 3.96. The summed E-state index contributed by atoms with van der Waals surface area (Å²) in [5.74, 6) is 1.01. The fourth-order valence-corrected chi connectivity index (χ4v) is 5.07. The third-order valence-electron chi connectivity index (χ3n) is 6.34. The number of amides is 1. The number of hydrogen-bond acceptors (Lipinski definition) is 3. The molecule has 0 aliphatic carbocycles. The molecule has 1 amide bonds. The lowest BCUT2D eigenvalue weighted by molar-refractivity contribution is -0.135. The Morgan fingerprint density at radius 2 is 1.90 bits per heavy atom. The molecule has 0 spiro atoms. The number of nitrogens with zero attached hydrogens (tertiary/aromatic N) is 2. The molecule has 0 saturated carbocycles. The van der Waals surface area contributed by atoms with Crippen LogP contribution in [0.15, 0.2) is 48.5 Å². The van der Waals surface area contributed by atoms with Crippen molar-refractivity contribution in [1.29, 1.82) is 0 Å². The fourth-order valence-electron chi connectivity index (χ4n) is 5.07. The molecule has 0 aromatic heterocycles. The van der Waals surface area contributed by atoms with E-state index in [2.05, 4.69) is 18.7 Å². The van der Waals surface area contributed by atoms with Gasteiger partial charge in [-0.15, -0.1) is 0 Å². The molecule has 2 aromatic rings. The molecule has 2 aliphatic rings. The zero-order chi connectivity index (χ0) is 20.6. The number of carbonyl (C=O) groups is 1. The van der Waals surface area contributed by atoms with Gasteiger partial charge in [0.1, 0.15) is 11.6 Å². The number of halogens is 1. The van der Waals surface area contributed by atoms with Crippen molar-refractivity contribution in [1.82, 2.24) is 4.90 Å². The Hall–Kier alpha value is -2.56. The summed E-state index contributed by atoms with van der Waals surface area (Å²) in [6.45, 7) is 8.01. The Labute approximate surface area is 172 Å². The summed E-state index contributed by atoms with van der Waals surface area (Å²) < 4.78 is 19.2. The molecule has 0 radical (unpaired) electrons. The lowest BCUT2D eigenvalue weighted by Gasteiger charge is -2.41. The van der Waals surface area contributed by atoms with Crippen LogP contribution in [0, 0.1) is 18.7 Å². The maximum Gasteiger partial charge on any atom is 0.260 e. The fraction of sp³-hybridized carbons (Fsp3) is 0.458. The zero-order valence-electron chi connectivity index (χ0n) is 17.4. The van der Waals surface area contributed by atoms with Gasteiger partial charge in [-0.2, -0.15) is 0 Å². The number of aryl methyl sites for hydroxylation is 1. The van der Waals surface area contributed by atoms with Crippen LogP contribution in [0.25, 0.3) is 0 Å². The van der Waals surface area contributed by atoms with Gasteiger partial charge in [-0.05, 0) is 75.4 Å². The molecular formula is C24H29FN2O2. The highest BCUT2D eigenvalue weighted by Gasteiger charge is 2.48. The Kier molecular flexibility index (Phi) is 5.24. The predicted octanol–water partition coefficient (Wildman–Crippen LogP) is 4.42. The van der Waals surface area contributed by atoms with Crippen molar-refractivity contribution in [3.8, 4) is 5.75 Å². The lowest BCUT2D eigenvalue weighted by atomic mass is 9.90. The molecule has 0 bridgehead atoms. The van der Waals surface area contributed by atoms with Crippen molar-refractivity contribution in [3.63, 3.8) is 0 Å². The van der Waals surface area contributed by atoms with E-state index in [1.165, 1.54) is 12.1 Å². The average Bonchev–Trinajstić information content (AvgIpc) is 2.96. The molecule has 4 nitrogen and oxygen atoms in total. The zero-order valence-corrected chi connectivity index (χ0v) is 17.4. The highest BCUT2D eigenvalue weighted by atomic mass is 19.1. The molecular weight excluding hydrogens is 367 g/mol. The monoisotopic (exact) mass is 396 g/mol. The van der Waals surface area contributed by atoms with E-state index in [4.69, 9.17) is 4.74 Å². The number of hydrogen-bond donors (Lipinski definition) is 0. The lowest BCUT2D eigenvalue weighted by Crippen LogP contribution is -2.51. The number of anilines is 1. The maximum atomic E-state index is 13.4. The minimum absolute atomic E-state index is 0.0239. The van der Waals surface area contributed by atoms with Crippen LogP contribution in [0.2, 0.25) is 0 Å². The standard InChI is InChI=1S/C24H29FN2O2/c1-17-6-4-5-7-22(17)29-16-23(28)26-13-12-21-18(15-26)14-24(2,3)27(21)20-10-8-19(25)9-11-20/h4-11,18,21H,12-16H2,1-3H3/t18-,21+/m1/s1. The van der Waals surface area contributed by atoms with Gasteiger partial charge in [0.2, 0.25) is 0 Å². The Bertz CT molecular complexity index is 881. The van der Waals surface area contributed by atoms with Gasteiger partial charge in [-0.1, -0.05) is 18.2 Å². The minimum Gasteiger partial charge on any atom is -0.484 e. The number of rotatable bonds is 4. The highest BCUT2D eigenvalue weighted by molar-refractivity contribution is 5.78. The van der Waals surface area contributed by atoms with E-state index >= 15 is 0 Å². The van der Waals surface area contributed by atoms with Crippen molar-refractivity contribution < 1.29 is 13.9 Å². The van der Waals surface area contributed by atoms with Gasteiger partial charge in [0.05, 0.1) is 0 Å². The van der Waals surface area contributed by atoms with Crippen LogP contribution in [0.5, 0.6) is 5.75 Å². The van der Waals surface area contributed by atoms with Gasteiger partial charge in [0, 0.05) is 30.4 Å². The summed E-state index contributed by atoms with van der Waals surface area (Å²) >= 11 is 0. The number of carbonyl (C=O) groups excluding carboxylic acids is 1. The normalized spacial score (nSPS) is 23.0. The molecule has 0 unspecified atom stereocenters. The topological polar surface area (TPSA) is 32.8 Å². The summed E-state index contributed by atoms with van der Waals surface area (Å²) in [6, 6.07) is 14.9.